The van der Waals surface area contributed by atoms with E-state index in [2.05, 4.69) is 0 Å². The van der Waals surface area contributed by atoms with E-state index < -0.39 is 11.9 Å². The van der Waals surface area contributed by atoms with E-state index in [0.29, 0.717) is 6.42 Å². The Bertz CT molecular complexity index is 479. The maximum atomic E-state index is 13.4. The zero-order valence-corrected chi connectivity index (χ0v) is 11.0. The Kier molecular flexibility index (Phi) is 4.04. The zero-order chi connectivity index (χ0) is 14.0. The molecule has 0 radical (unpaired) electrons. The van der Waals surface area contributed by atoms with Crippen LogP contribution < -0.4 is 5.73 Å². The highest BCUT2D eigenvalue weighted by Gasteiger charge is 2.29. The number of benzene rings is 1. The SMILES string of the molecule is CN(C(=O)c1ccc(N)c(F)c1)C1CCCCC1O. The predicted octanol–water partition coefficient (Wildman–Crippen LogP) is 1.78. The first-order chi connectivity index (χ1) is 9.00. The number of likely N-dealkylation sites (N-methyl/N-ethyl adjacent to an activating group) is 1. The number of hydrogen-bond acceptors (Lipinski definition) is 3. The van der Waals surface area contributed by atoms with Crippen LogP contribution in [0.25, 0.3) is 0 Å². The third kappa shape index (κ3) is 2.87. The lowest BCUT2D eigenvalue weighted by molar-refractivity contribution is 0.0268. The fourth-order valence-corrected chi connectivity index (χ4v) is 2.56. The van der Waals surface area contributed by atoms with Gasteiger partial charge in [-0.25, -0.2) is 4.39 Å². The van der Waals surface area contributed by atoms with Crippen LogP contribution in [0.2, 0.25) is 0 Å². The number of carbonyl (C=O) groups is 1. The van der Waals surface area contributed by atoms with E-state index in [-0.39, 0.29) is 23.2 Å². The van der Waals surface area contributed by atoms with Crippen molar-refractivity contribution in [2.45, 2.75) is 37.8 Å². The fraction of sp³-hybridized carbons (Fsp3) is 0.500. The first-order valence-electron chi connectivity index (χ1n) is 6.51. The molecule has 1 aliphatic carbocycles. The standard InChI is InChI=1S/C14H19FN2O2/c1-17(12-4-2-3-5-13(12)18)14(19)9-6-7-11(16)10(15)8-9/h6-8,12-13,18H,2-5,16H2,1H3. The van der Waals surface area contributed by atoms with Gasteiger partial charge in [0.1, 0.15) is 5.82 Å². The third-order valence-corrected chi connectivity index (χ3v) is 3.76. The highest BCUT2D eigenvalue weighted by atomic mass is 19.1. The number of nitrogen functional groups attached to an aromatic ring is 1. The van der Waals surface area contributed by atoms with Crippen molar-refractivity contribution in [1.29, 1.82) is 0 Å². The monoisotopic (exact) mass is 266 g/mol. The molecule has 0 aromatic heterocycles. The molecule has 2 atom stereocenters. The quantitative estimate of drug-likeness (QED) is 0.802. The minimum atomic E-state index is -0.594. The summed E-state index contributed by atoms with van der Waals surface area (Å²) < 4.78 is 13.4. The van der Waals surface area contributed by atoms with Crippen LogP contribution in [0.3, 0.4) is 0 Å². The molecular weight excluding hydrogens is 247 g/mol. The van der Waals surface area contributed by atoms with E-state index in [4.69, 9.17) is 5.73 Å². The first-order valence-corrected chi connectivity index (χ1v) is 6.51. The molecule has 1 aromatic rings. The molecule has 19 heavy (non-hydrogen) atoms. The largest absolute Gasteiger partial charge is 0.396 e. The number of nitrogens with two attached hydrogens (primary N) is 1. The van der Waals surface area contributed by atoms with Crippen LogP contribution in [0.1, 0.15) is 36.0 Å². The minimum absolute atomic E-state index is 0.0249. The van der Waals surface area contributed by atoms with Gasteiger partial charge >= 0.3 is 0 Å². The Morgan fingerprint density at radius 3 is 2.74 bits per heavy atom. The Morgan fingerprint density at radius 1 is 1.42 bits per heavy atom. The van der Waals surface area contributed by atoms with Crippen LogP contribution in [-0.2, 0) is 0 Å². The lowest BCUT2D eigenvalue weighted by atomic mass is 9.91. The highest BCUT2D eigenvalue weighted by Crippen LogP contribution is 2.24. The molecule has 3 N–H and O–H groups in total. The molecule has 104 valence electrons. The second-order valence-corrected chi connectivity index (χ2v) is 5.07. The van der Waals surface area contributed by atoms with Crippen LogP contribution in [0.4, 0.5) is 10.1 Å². The van der Waals surface area contributed by atoms with Gasteiger partial charge in [-0.05, 0) is 31.0 Å². The topological polar surface area (TPSA) is 66.6 Å². The van der Waals surface area contributed by atoms with Gasteiger partial charge in [0.15, 0.2) is 0 Å². The number of carbonyl (C=O) groups excluding carboxylic acids is 1. The lowest BCUT2D eigenvalue weighted by Gasteiger charge is -2.35. The summed E-state index contributed by atoms with van der Waals surface area (Å²) in [7, 11) is 1.65. The fourth-order valence-electron chi connectivity index (χ4n) is 2.56. The van der Waals surface area contributed by atoms with E-state index in [1.54, 1.807) is 7.05 Å². The Hall–Kier alpha value is -1.62. The molecule has 1 fully saturated rings. The van der Waals surface area contributed by atoms with Crippen molar-refractivity contribution < 1.29 is 14.3 Å². The number of anilines is 1. The molecule has 2 rings (SSSR count). The smallest absolute Gasteiger partial charge is 0.254 e. The Morgan fingerprint density at radius 2 is 2.11 bits per heavy atom. The van der Waals surface area contributed by atoms with Gasteiger partial charge in [0.25, 0.3) is 5.91 Å². The molecular formula is C14H19FN2O2. The number of nitrogens with zero attached hydrogens (tertiary/aromatic N) is 1. The second-order valence-electron chi connectivity index (χ2n) is 5.07. The number of amides is 1. The van der Waals surface area contributed by atoms with Crippen molar-refractivity contribution in [2.24, 2.45) is 0 Å². The van der Waals surface area contributed by atoms with Crippen molar-refractivity contribution in [3.8, 4) is 0 Å². The molecule has 1 amide bonds. The summed E-state index contributed by atoms with van der Waals surface area (Å²) in [6.45, 7) is 0. The Labute approximate surface area is 112 Å². The summed E-state index contributed by atoms with van der Waals surface area (Å²) >= 11 is 0. The number of aliphatic hydroxyl groups is 1. The summed E-state index contributed by atoms with van der Waals surface area (Å²) in [6.07, 6.45) is 2.96. The number of halogens is 1. The van der Waals surface area contributed by atoms with Crippen LogP contribution in [0.15, 0.2) is 18.2 Å². The summed E-state index contributed by atoms with van der Waals surface area (Å²) in [5.41, 5.74) is 5.67. The first kappa shape index (κ1) is 13.8. The van der Waals surface area contributed by atoms with Crippen LogP contribution in [-0.4, -0.2) is 35.1 Å². The molecule has 4 nitrogen and oxygen atoms in total. The third-order valence-electron chi connectivity index (χ3n) is 3.76. The van der Waals surface area contributed by atoms with E-state index in [1.807, 2.05) is 0 Å². The second kappa shape index (κ2) is 5.57. The number of rotatable bonds is 2. The molecule has 0 saturated heterocycles. The van der Waals surface area contributed by atoms with Gasteiger partial charge in [-0.15, -0.1) is 0 Å². The molecule has 0 bridgehead atoms. The molecule has 1 aliphatic rings. The van der Waals surface area contributed by atoms with Crippen LogP contribution in [0, 0.1) is 5.82 Å². The molecule has 0 aliphatic heterocycles. The summed E-state index contributed by atoms with van der Waals surface area (Å²) in [5.74, 6) is -0.881. The maximum absolute atomic E-state index is 13.4. The summed E-state index contributed by atoms with van der Waals surface area (Å²) in [6, 6.07) is 3.84. The van der Waals surface area contributed by atoms with Gasteiger partial charge in [-0.3, -0.25) is 4.79 Å². The van der Waals surface area contributed by atoms with Crippen molar-refractivity contribution in [3.05, 3.63) is 29.6 Å². The van der Waals surface area contributed by atoms with Gasteiger partial charge in [0, 0.05) is 12.6 Å². The van der Waals surface area contributed by atoms with Gasteiger partial charge in [-0.2, -0.15) is 0 Å². The molecule has 0 spiro atoms. The zero-order valence-electron chi connectivity index (χ0n) is 11.0. The van der Waals surface area contributed by atoms with Gasteiger partial charge in [0.05, 0.1) is 17.8 Å². The van der Waals surface area contributed by atoms with E-state index in [1.165, 1.54) is 17.0 Å². The molecule has 0 heterocycles. The van der Waals surface area contributed by atoms with Crippen LogP contribution in [0.5, 0.6) is 0 Å². The number of aliphatic hydroxyl groups excluding tert-OH is 1. The molecule has 5 heteroatoms. The van der Waals surface area contributed by atoms with Gasteiger partial charge in [-0.1, -0.05) is 12.8 Å². The minimum Gasteiger partial charge on any atom is -0.396 e. The molecule has 2 unspecified atom stereocenters. The molecule has 1 aromatic carbocycles. The normalized spacial score (nSPS) is 23.1. The van der Waals surface area contributed by atoms with Crippen molar-refractivity contribution >= 4 is 11.6 Å². The van der Waals surface area contributed by atoms with E-state index >= 15 is 0 Å². The predicted molar refractivity (Wildman–Crippen MR) is 71.2 cm³/mol. The van der Waals surface area contributed by atoms with Crippen molar-refractivity contribution in [3.63, 3.8) is 0 Å². The average Bonchev–Trinajstić information content (AvgIpc) is 2.41. The van der Waals surface area contributed by atoms with Crippen molar-refractivity contribution in [2.75, 3.05) is 12.8 Å². The van der Waals surface area contributed by atoms with Crippen molar-refractivity contribution in [1.82, 2.24) is 4.90 Å². The summed E-state index contributed by atoms with van der Waals surface area (Å²) in [5, 5.41) is 9.95. The molecule has 1 saturated carbocycles. The average molecular weight is 266 g/mol. The number of hydrogen-bond donors (Lipinski definition) is 2. The summed E-state index contributed by atoms with van der Waals surface area (Å²) in [4.78, 5) is 13.8. The van der Waals surface area contributed by atoms with Gasteiger partial charge < -0.3 is 15.7 Å². The van der Waals surface area contributed by atoms with E-state index in [9.17, 15) is 14.3 Å². The van der Waals surface area contributed by atoms with Gasteiger partial charge in [0.2, 0.25) is 0 Å². The van der Waals surface area contributed by atoms with E-state index in [0.717, 1.165) is 25.3 Å². The maximum Gasteiger partial charge on any atom is 0.254 e. The Balaban J connectivity index is 2.15. The van der Waals surface area contributed by atoms with Crippen LogP contribution >= 0.6 is 0 Å². The lowest BCUT2D eigenvalue weighted by Crippen LogP contribution is -2.46. The highest BCUT2D eigenvalue weighted by molar-refractivity contribution is 5.94.